The SMILES string of the molecule is Cc1ccc([C@@H](N)C2CC2)cc1N. The van der Waals surface area contributed by atoms with E-state index in [1.54, 1.807) is 0 Å². The largest absolute Gasteiger partial charge is 0.399 e. The van der Waals surface area contributed by atoms with Crippen LogP contribution in [-0.4, -0.2) is 0 Å². The van der Waals surface area contributed by atoms with Crippen LogP contribution in [0, 0.1) is 12.8 Å². The van der Waals surface area contributed by atoms with E-state index < -0.39 is 0 Å². The zero-order valence-electron chi connectivity index (χ0n) is 7.96. The molecule has 4 N–H and O–H groups in total. The smallest absolute Gasteiger partial charge is 0.0347 e. The second-order valence-corrected chi connectivity index (χ2v) is 3.98. The minimum Gasteiger partial charge on any atom is -0.399 e. The molecule has 2 rings (SSSR count). The first-order chi connectivity index (χ1) is 6.18. The molecule has 2 heteroatoms. The standard InChI is InChI=1S/C11H16N2/c1-7-2-3-9(6-10(7)12)11(13)8-4-5-8/h2-3,6,8,11H,4-5,12-13H2,1H3/t11-/m0/s1. The van der Waals surface area contributed by atoms with Crippen LogP contribution >= 0.6 is 0 Å². The summed E-state index contributed by atoms with van der Waals surface area (Å²) in [5.41, 5.74) is 15.1. The fourth-order valence-corrected chi connectivity index (χ4v) is 1.59. The number of hydrogen-bond donors (Lipinski definition) is 2. The normalized spacial score (nSPS) is 18.6. The Hall–Kier alpha value is -1.02. The molecule has 1 aliphatic carbocycles. The topological polar surface area (TPSA) is 52.0 Å². The predicted octanol–water partition coefficient (Wildman–Crippen LogP) is 1.99. The Kier molecular flexibility index (Phi) is 2.00. The van der Waals surface area contributed by atoms with E-state index in [-0.39, 0.29) is 6.04 Å². The first-order valence-electron chi connectivity index (χ1n) is 4.80. The molecule has 1 saturated carbocycles. The number of aryl methyl sites for hydroxylation is 1. The van der Waals surface area contributed by atoms with Crippen LogP contribution < -0.4 is 11.5 Å². The highest BCUT2D eigenvalue weighted by Crippen LogP contribution is 2.39. The van der Waals surface area contributed by atoms with Crippen molar-refractivity contribution < 1.29 is 0 Å². The zero-order valence-corrected chi connectivity index (χ0v) is 7.96. The molecule has 1 fully saturated rings. The fraction of sp³-hybridized carbons (Fsp3) is 0.455. The van der Waals surface area contributed by atoms with Gasteiger partial charge in [0.2, 0.25) is 0 Å². The summed E-state index contributed by atoms with van der Waals surface area (Å²) in [5, 5.41) is 0. The summed E-state index contributed by atoms with van der Waals surface area (Å²) >= 11 is 0. The van der Waals surface area contributed by atoms with E-state index >= 15 is 0 Å². The van der Waals surface area contributed by atoms with Crippen molar-refractivity contribution in [3.05, 3.63) is 29.3 Å². The minimum atomic E-state index is 0.197. The maximum absolute atomic E-state index is 6.06. The molecule has 1 atom stereocenters. The van der Waals surface area contributed by atoms with Gasteiger partial charge in [-0.3, -0.25) is 0 Å². The molecule has 0 radical (unpaired) electrons. The highest BCUT2D eigenvalue weighted by Gasteiger charge is 2.29. The summed E-state index contributed by atoms with van der Waals surface area (Å²) < 4.78 is 0. The Balaban J connectivity index is 2.24. The van der Waals surface area contributed by atoms with Crippen molar-refractivity contribution >= 4 is 5.69 Å². The molecule has 0 heterocycles. The van der Waals surface area contributed by atoms with E-state index in [1.165, 1.54) is 18.4 Å². The maximum atomic E-state index is 6.06. The van der Waals surface area contributed by atoms with Gasteiger partial charge >= 0.3 is 0 Å². The Morgan fingerprint density at radius 1 is 1.38 bits per heavy atom. The molecule has 1 aromatic carbocycles. The molecule has 0 aromatic heterocycles. The van der Waals surface area contributed by atoms with E-state index in [4.69, 9.17) is 11.5 Å². The van der Waals surface area contributed by atoms with Gasteiger partial charge in [-0.05, 0) is 42.9 Å². The molecule has 0 saturated heterocycles. The molecule has 0 bridgehead atoms. The van der Waals surface area contributed by atoms with Crippen LogP contribution in [0.25, 0.3) is 0 Å². The summed E-state index contributed by atoms with van der Waals surface area (Å²) in [6.45, 7) is 2.02. The number of hydrogen-bond acceptors (Lipinski definition) is 2. The Labute approximate surface area is 78.9 Å². The van der Waals surface area contributed by atoms with E-state index in [9.17, 15) is 0 Å². The lowest BCUT2D eigenvalue weighted by Crippen LogP contribution is -2.12. The lowest BCUT2D eigenvalue weighted by atomic mass is 10.0. The Morgan fingerprint density at radius 2 is 2.08 bits per heavy atom. The van der Waals surface area contributed by atoms with Gasteiger partial charge < -0.3 is 11.5 Å². The lowest BCUT2D eigenvalue weighted by molar-refractivity contribution is 0.633. The van der Waals surface area contributed by atoms with Gasteiger partial charge in [-0.15, -0.1) is 0 Å². The third-order valence-corrected chi connectivity index (χ3v) is 2.82. The van der Waals surface area contributed by atoms with E-state index in [2.05, 4.69) is 6.07 Å². The van der Waals surface area contributed by atoms with Gasteiger partial charge in [-0.1, -0.05) is 12.1 Å². The number of anilines is 1. The zero-order chi connectivity index (χ0) is 9.42. The van der Waals surface area contributed by atoms with Crippen LogP contribution in [0.5, 0.6) is 0 Å². The molecule has 0 spiro atoms. The van der Waals surface area contributed by atoms with Gasteiger partial charge in [0.15, 0.2) is 0 Å². The first kappa shape index (κ1) is 8.57. The lowest BCUT2D eigenvalue weighted by Gasteiger charge is -2.12. The van der Waals surface area contributed by atoms with E-state index in [0.717, 1.165) is 11.3 Å². The van der Waals surface area contributed by atoms with Crippen molar-refractivity contribution in [2.45, 2.75) is 25.8 Å². The molecule has 13 heavy (non-hydrogen) atoms. The van der Waals surface area contributed by atoms with Crippen LogP contribution in [0.3, 0.4) is 0 Å². The number of nitrogen functional groups attached to an aromatic ring is 1. The van der Waals surface area contributed by atoms with E-state index in [1.807, 2.05) is 19.1 Å². The minimum absolute atomic E-state index is 0.197. The summed E-state index contributed by atoms with van der Waals surface area (Å²) in [7, 11) is 0. The van der Waals surface area contributed by atoms with Gasteiger partial charge in [0.05, 0.1) is 0 Å². The van der Waals surface area contributed by atoms with E-state index in [0.29, 0.717) is 5.92 Å². The molecule has 0 amide bonds. The van der Waals surface area contributed by atoms with Crippen molar-refractivity contribution in [2.75, 3.05) is 5.73 Å². The van der Waals surface area contributed by atoms with Crippen LogP contribution in [0.2, 0.25) is 0 Å². The van der Waals surface area contributed by atoms with Crippen LogP contribution in [-0.2, 0) is 0 Å². The van der Waals surface area contributed by atoms with Crippen molar-refractivity contribution in [3.8, 4) is 0 Å². The number of nitrogens with two attached hydrogens (primary N) is 2. The molecule has 0 aliphatic heterocycles. The molecular formula is C11H16N2. The second-order valence-electron chi connectivity index (χ2n) is 3.98. The fourth-order valence-electron chi connectivity index (χ4n) is 1.59. The van der Waals surface area contributed by atoms with Gasteiger partial charge in [0.25, 0.3) is 0 Å². The first-order valence-corrected chi connectivity index (χ1v) is 4.80. The monoisotopic (exact) mass is 176 g/mol. The third kappa shape index (κ3) is 1.68. The van der Waals surface area contributed by atoms with Crippen LogP contribution in [0.1, 0.15) is 30.0 Å². The molecule has 1 aromatic rings. The van der Waals surface area contributed by atoms with Gasteiger partial charge in [-0.2, -0.15) is 0 Å². The Bertz CT molecular complexity index is 316. The van der Waals surface area contributed by atoms with Crippen molar-refractivity contribution in [1.82, 2.24) is 0 Å². The molecule has 1 aliphatic rings. The molecule has 2 nitrogen and oxygen atoms in total. The third-order valence-electron chi connectivity index (χ3n) is 2.82. The number of benzene rings is 1. The van der Waals surface area contributed by atoms with Crippen LogP contribution in [0.15, 0.2) is 18.2 Å². The molecule has 70 valence electrons. The molecular weight excluding hydrogens is 160 g/mol. The quantitative estimate of drug-likeness (QED) is 0.677. The van der Waals surface area contributed by atoms with Gasteiger partial charge in [-0.25, -0.2) is 0 Å². The highest BCUT2D eigenvalue weighted by atomic mass is 14.7. The van der Waals surface area contributed by atoms with Crippen molar-refractivity contribution in [1.29, 1.82) is 0 Å². The average molecular weight is 176 g/mol. The highest BCUT2D eigenvalue weighted by molar-refractivity contribution is 5.49. The van der Waals surface area contributed by atoms with Crippen molar-refractivity contribution in [3.63, 3.8) is 0 Å². The number of rotatable bonds is 2. The Morgan fingerprint density at radius 3 is 2.62 bits per heavy atom. The predicted molar refractivity (Wildman–Crippen MR) is 55.2 cm³/mol. The van der Waals surface area contributed by atoms with Gasteiger partial charge in [0.1, 0.15) is 0 Å². The maximum Gasteiger partial charge on any atom is 0.0347 e. The summed E-state index contributed by atoms with van der Waals surface area (Å²) in [6, 6.07) is 6.35. The summed E-state index contributed by atoms with van der Waals surface area (Å²) in [4.78, 5) is 0. The molecule has 0 unspecified atom stereocenters. The van der Waals surface area contributed by atoms with Crippen LogP contribution in [0.4, 0.5) is 5.69 Å². The summed E-state index contributed by atoms with van der Waals surface area (Å²) in [6.07, 6.45) is 2.55. The van der Waals surface area contributed by atoms with Gasteiger partial charge in [0, 0.05) is 11.7 Å². The second kappa shape index (κ2) is 3.04. The average Bonchev–Trinajstić information content (AvgIpc) is 2.91. The summed E-state index contributed by atoms with van der Waals surface area (Å²) in [5.74, 6) is 0.696. The van der Waals surface area contributed by atoms with Crippen molar-refractivity contribution in [2.24, 2.45) is 11.7 Å².